The second-order valence-corrected chi connectivity index (χ2v) is 7.83. The van der Waals surface area contributed by atoms with Crippen LogP contribution >= 0.6 is 0 Å². The molecule has 0 aliphatic carbocycles. The van der Waals surface area contributed by atoms with E-state index in [0.29, 0.717) is 15.2 Å². The monoisotopic (exact) mass is 177 g/mol. The van der Waals surface area contributed by atoms with Crippen molar-refractivity contribution in [1.82, 2.24) is 0 Å². The van der Waals surface area contributed by atoms with E-state index in [9.17, 15) is 0 Å². The zero-order valence-corrected chi connectivity index (χ0v) is 10.4. The van der Waals surface area contributed by atoms with Gasteiger partial charge in [-0.3, -0.25) is 0 Å². The molecule has 10 heavy (non-hydrogen) atoms. The smallest absolute Gasteiger partial charge is 0.435 e. The van der Waals surface area contributed by atoms with Gasteiger partial charge < -0.3 is 4.80 Å². The van der Waals surface area contributed by atoms with Gasteiger partial charge in [0.25, 0.3) is 0 Å². The van der Waals surface area contributed by atoms with Gasteiger partial charge in [0.05, 0.1) is 0 Å². The third kappa shape index (κ3) is 23.3. The highest BCUT2D eigenvalue weighted by Crippen LogP contribution is 1.79. The molecule has 0 aliphatic rings. The highest BCUT2D eigenvalue weighted by Gasteiger charge is 1.86. The molecular weight excluding hydrogens is 155 g/mol. The molecule has 1 unspecified atom stereocenters. The molecule has 0 bridgehead atoms. The summed E-state index contributed by atoms with van der Waals surface area (Å²) in [6, 6.07) is 1.00. The molecule has 62 valence electrons. The molecule has 0 fully saturated rings. The molecule has 1 atom stereocenters. The van der Waals surface area contributed by atoms with Crippen molar-refractivity contribution in [1.29, 1.82) is 0 Å². The van der Waals surface area contributed by atoms with Crippen LogP contribution in [0.5, 0.6) is 0 Å². The van der Waals surface area contributed by atoms with Gasteiger partial charge in [0, 0.05) is 0 Å². The Morgan fingerprint density at radius 1 is 1.30 bits per heavy atom. The van der Waals surface area contributed by atoms with E-state index in [2.05, 4.69) is 13.8 Å². The second-order valence-electron chi connectivity index (χ2n) is 2.61. The van der Waals surface area contributed by atoms with Crippen LogP contribution in [0.2, 0.25) is 23.2 Å². The molecule has 1 N–H and O–H groups in total. The van der Waals surface area contributed by atoms with E-state index < -0.39 is 9.04 Å². The maximum atomic E-state index is 8.50. The van der Waals surface area contributed by atoms with E-state index in [1.807, 2.05) is 13.5 Å². The molecule has 0 aliphatic heterocycles. The summed E-state index contributed by atoms with van der Waals surface area (Å²) in [5, 5.41) is 2.97. The first kappa shape index (κ1) is 13.3. The maximum absolute atomic E-state index is 8.50. The standard InChI is InChI=1S/C3H10OSi.2C2H5.Al.H/c1-3-5(2)4;2*1-2;;/h4-5H,3H2,1-2H3;2*1H2,2H3;;/p+1. The summed E-state index contributed by atoms with van der Waals surface area (Å²) in [6.45, 7) is 8.47. The van der Waals surface area contributed by atoms with Crippen LogP contribution in [0.15, 0.2) is 0 Å². The molecule has 3 heteroatoms. The molecule has 0 rings (SSSR count). The van der Waals surface area contributed by atoms with Gasteiger partial charge in [-0.1, -0.05) is 20.8 Å². The topological polar surface area (TPSA) is 20.2 Å². The van der Waals surface area contributed by atoms with Crippen LogP contribution in [0, 0.1) is 0 Å². The molecular formula is C7H22AlOSi+. The van der Waals surface area contributed by atoms with Crippen LogP contribution in [0.25, 0.3) is 0 Å². The minimum atomic E-state index is -1.15. The number of hydrogen-bond donors (Lipinski definition) is 1. The van der Waals surface area contributed by atoms with Crippen molar-refractivity contribution in [2.24, 2.45) is 0 Å². The average molecular weight is 177 g/mol. The van der Waals surface area contributed by atoms with Crippen LogP contribution in [0.1, 0.15) is 22.2 Å². The largest absolute Gasteiger partial charge is 1.00 e. The van der Waals surface area contributed by atoms with Gasteiger partial charge in [0.1, 0.15) is 0 Å². The Labute approximate surface area is 74.8 Å². The Kier molecular flexibility index (Phi) is 16.5. The fraction of sp³-hybridized carbons (Fsp3) is 1.00. The van der Waals surface area contributed by atoms with Gasteiger partial charge in [-0.05, 0) is 12.6 Å². The van der Waals surface area contributed by atoms with Crippen molar-refractivity contribution >= 4 is 24.3 Å². The van der Waals surface area contributed by atoms with Crippen molar-refractivity contribution in [3.05, 3.63) is 0 Å². The molecule has 0 saturated heterocycles. The lowest BCUT2D eigenvalue weighted by atomic mass is 10.9. The van der Waals surface area contributed by atoms with Gasteiger partial charge in [-0.25, -0.2) is 0 Å². The van der Waals surface area contributed by atoms with Crippen molar-refractivity contribution in [2.75, 3.05) is 0 Å². The van der Waals surface area contributed by atoms with Crippen molar-refractivity contribution in [3.8, 4) is 0 Å². The first-order valence-electron chi connectivity index (χ1n) is 4.37. The minimum absolute atomic E-state index is 0. The zero-order chi connectivity index (χ0) is 8.41. The van der Waals surface area contributed by atoms with Crippen LogP contribution in [0.4, 0.5) is 0 Å². The van der Waals surface area contributed by atoms with Crippen molar-refractivity contribution < 1.29 is 6.22 Å². The lowest BCUT2D eigenvalue weighted by Gasteiger charge is -1.87. The Bertz CT molecular complexity index is 53.7. The molecule has 0 spiro atoms. The minimum Gasteiger partial charge on any atom is -0.435 e. The first-order chi connectivity index (χ1) is 4.68. The molecule has 0 aromatic carbocycles. The number of hydrogen-bond acceptors (Lipinski definition) is 1. The van der Waals surface area contributed by atoms with E-state index in [0.717, 1.165) is 6.04 Å². The quantitative estimate of drug-likeness (QED) is 0.651. The van der Waals surface area contributed by atoms with Gasteiger partial charge in [-0.2, -0.15) is 0 Å². The SMILES string of the molecule is CC[SiH](C)O.C[CH2][AlH][CH2]C.[H+]. The molecule has 1 nitrogen and oxygen atoms in total. The number of rotatable bonds is 3. The lowest BCUT2D eigenvalue weighted by molar-refractivity contribution is 0.579. The highest BCUT2D eigenvalue weighted by atomic mass is 28.3. The maximum Gasteiger partial charge on any atom is 1.00 e. The van der Waals surface area contributed by atoms with Crippen LogP contribution in [0.3, 0.4) is 0 Å². The fourth-order valence-corrected chi connectivity index (χ4v) is 1.06. The van der Waals surface area contributed by atoms with E-state index >= 15 is 0 Å². The third-order valence-corrected chi connectivity index (χ3v) is 3.89. The summed E-state index contributed by atoms with van der Waals surface area (Å²) >= 11 is 0.432. The van der Waals surface area contributed by atoms with Crippen molar-refractivity contribution in [2.45, 2.75) is 43.9 Å². The molecule has 0 saturated carbocycles. The molecule has 0 amide bonds. The molecule has 0 heterocycles. The van der Waals surface area contributed by atoms with Crippen LogP contribution in [-0.2, 0) is 0 Å². The van der Waals surface area contributed by atoms with E-state index in [1.54, 1.807) is 0 Å². The summed E-state index contributed by atoms with van der Waals surface area (Å²) < 4.78 is 0. The van der Waals surface area contributed by atoms with Crippen LogP contribution < -0.4 is 0 Å². The fourth-order valence-electron chi connectivity index (χ4n) is 0.354. The third-order valence-electron chi connectivity index (χ3n) is 1.30. The Morgan fingerprint density at radius 3 is 1.60 bits per heavy atom. The molecule has 0 aromatic heterocycles. The molecule has 0 radical (unpaired) electrons. The van der Waals surface area contributed by atoms with Crippen LogP contribution in [-0.4, -0.2) is 29.1 Å². The molecule has 0 aromatic rings. The Morgan fingerprint density at radius 2 is 1.60 bits per heavy atom. The zero-order valence-electron chi connectivity index (χ0n) is 8.85. The Balaban J connectivity index is -0.000000107. The lowest BCUT2D eigenvalue weighted by Crippen LogP contribution is -1.99. The summed E-state index contributed by atoms with van der Waals surface area (Å²) in [5.74, 6) is 0. The van der Waals surface area contributed by atoms with Gasteiger partial charge in [0.15, 0.2) is 9.04 Å². The highest BCUT2D eigenvalue weighted by molar-refractivity contribution is 6.48. The van der Waals surface area contributed by atoms with Gasteiger partial charge in [0.2, 0.25) is 15.2 Å². The Hall–Kier alpha value is 0.709. The van der Waals surface area contributed by atoms with E-state index in [1.165, 1.54) is 10.6 Å². The summed E-state index contributed by atoms with van der Waals surface area (Å²) in [4.78, 5) is 8.50. The van der Waals surface area contributed by atoms with Gasteiger partial charge in [-0.15, -0.1) is 10.6 Å². The summed E-state index contributed by atoms with van der Waals surface area (Å²) in [7, 11) is -1.15. The second kappa shape index (κ2) is 12.4. The first-order valence-corrected chi connectivity index (χ1v) is 8.85. The van der Waals surface area contributed by atoms with Crippen molar-refractivity contribution in [3.63, 3.8) is 0 Å². The normalized spacial score (nSPS) is 11.3. The summed E-state index contributed by atoms with van der Waals surface area (Å²) in [6.07, 6.45) is 0. The van der Waals surface area contributed by atoms with E-state index in [4.69, 9.17) is 4.80 Å². The predicted molar refractivity (Wildman–Crippen MR) is 54.9 cm³/mol. The summed E-state index contributed by atoms with van der Waals surface area (Å²) in [5.41, 5.74) is 0. The van der Waals surface area contributed by atoms with E-state index in [-0.39, 0.29) is 1.43 Å². The predicted octanol–water partition coefficient (Wildman–Crippen LogP) is 1.76. The average Bonchev–Trinajstić information content (AvgIpc) is 1.91. The van der Waals surface area contributed by atoms with Gasteiger partial charge >= 0.3 is 1.43 Å².